The number of hydrogen-bond donors (Lipinski definition) is 0. The maximum absolute atomic E-state index is 11.6. The lowest BCUT2D eigenvalue weighted by Crippen LogP contribution is -2.53. The largest absolute Gasteiger partial charge is 0.331 e. The molecule has 0 aromatic carbocycles. The monoisotopic (exact) mass is 210 g/mol. The first-order valence-corrected chi connectivity index (χ1v) is 5.16. The second kappa shape index (κ2) is 4.99. The molecule has 1 fully saturated rings. The van der Waals surface area contributed by atoms with Gasteiger partial charge in [-0.1, -0.05) is 0 Å². The van der Waals surface area contributed by atoms with Gasteiger partial charge in [0.2, 0.25) is 0 Å². The van der Waals surface area contributed by atoms with E-state index in [1.165, 1.54) is 0 Å². The topological polar surface area (TPSA) is 50.6 Å². The van der Waals surface area contributed by atoms with Crippen LogP contribution in [0.1, 0.15) is 6.92 Å². The fourth-order valence-electron chi connectivity index (χ4n) is 1.66. The Balaban J connectivity index is 2.43. The molecule has 0 saturated carbocycles. The first-order chi connectivity index (χ1) is 7.06. The zero-order chi connectivity index (χ0) is 11.4. The normalized spacial score (nSPS) is 19.5. The van der Waals surface area contributed by atoms with E-state index in [4.69, 9.17) is 5.26 Å². The molecule has 0 aliphatic carbocycles. The SMILES string of the molecule is CC(C#N)N1CCN(C(=O)N(C)C)CC1. The quantitative estimate of drug-likeness (QED) is 0.621. The van der Waals surface area contributed by atoms with Crippen molar-refractivity contribution in [3.8, 4) is 6.07 Å². The van der Waals surface area contributed by atoms with Crippen LogP contribution in [0.15, 0.2) is 0 Å². The second-order valence-electron chi connectivity index (χ2n) is 4.01. The third-order valence-electron chi connectivity index (χ3n) is 2.70. The van der Waals surface area contributed by atoms with Crippen molar-refractivity contribution in [3.05, 3.63) is 0 Å². The molecule has 1 atom stereocenters. The molecule has 1 saturated heterocycles. The standard InChI is InChI=1S/C10H18N4O/c1-9(8-11)13-4-6-14(7-5-13)10(15)12(2)3/h9H,4-7H2,1-3H3. The Hall–Kier alpha value is -1.28. The fourth-order valence-corrected chi connectivity index (χ4v) is 1.66. The summed E-state index contributed by atoms with van der Waals surface area (Å²) in [4.78, 5) is 17.1. The van der Waals surface area contributed by atoms with Crippen LogP contribution < -0.4 is 0 Å². The molecular formula is C10H18N4O. The molecule has 84 valence electrons. The van der Waals surface area contributed by atoms with E-state index < -0.39 is 0 Å². The number of rotatable bonds is 1. The molecule has 1 unspecified atom stereocenters. The highest BCUT2D eigenvalue weighted by atomic mass is 16.2. The van der Waals surface area contributed by atoms with E-state index in [1.807, 2.05) is 11.8 Å². The zero-order valence-electron chi connectivity index (χ0n) is 9.60. The number of nitriles is 1. The lowest BCUT2D eigenvalue weighted by atomic mass is 10.2. The number of nitrogens with zero attached hydrogens (tertiary/aromatic N) is 4. The smallest absolute Gasteiger partial charge is 0.319 e. The highest BCUT2D eigenvalue weighted by Crippen LogP contribution is 2.07. The molecule has 1 aliphatic rings. The van der Waals surface area contributed by atoms with Crippen LogP contribution in [0.2, 0.25) is 0 Å². The molecule has 1 aliphatic heterocycles. The highest BCUT2D eigenvalue weighted by Gasteiger charge is 2.24. The van der Waals surface area contributed by atoms with Crippen molar-refractivity contribution >= 4 is 6.03 Å². The van der Waals surface area contributed by atoms with Gasteiger partial charge in [0.25, 0.3) is 0 Å². The van der Waals surface area contributed by atoms with Gasteiger partial charge in [0.15, 0.2) is 0 Å². The van der Waals surface area contributed by atoms with E-state index in [-0.39, 0.29) is 12.1 Å². The van der Waals surface area contributed by atoms with Crippen LogP contribution >= 0.6 is 0 Å². The highest BCUT2D eigenvalue weighted by molar-refractivity contribution is 5.73. The molecule has 15 heavy (non-hydrogen) atoms. The minimum Gasteiger partial charge on any atom is -0.331 e. The Morgan fingerprint density at radius 3 is 2.27 bits per heavy atom. The lowest BCUT2D eigenvalue weighted by molar-refractivity contribution is 0.115. The molecule has 0 N–H and O–H groups in total. The minimum atomic E-state index is -0.0541. The first-order valence-electron chi connectivity index (χ1n) is 5.16. The first kappa shape index (κ1) is 11.8. The van der Waals surface area contributed by atoms with Gasteiger partial charge in [0.05, 0.1) is 12.1 Å². The molecule has 0 bridgehead atoms. The maximum Gasteiger partial charge on any atom is 0.319 e. The summed E-state index contributed by atoms with van der Waals surface area (Å²) in [6.45, 7) is 4.89. The third kappa shape index (κ3) is 2.83. The average molecular weight is 210 g/mol. The fraction of sp³-hybridized carbons (Fsp3) is 0.800. The van der Waals surface area contributed by atoms with E-state index in [0.29, 0.717) is 13.1 Å². The van der Waals surface area contributed by atoms with E-state index >= 15 is 0 Å². The molecule has 0 aromatic heterocycles. The van der Waals surface area contributed by atoms with Gasteiger partial charge in [-0.15, -0.1) is 0 Å². The van der Waals surface area contributed by atoms with E-state index in [0.717, 1.165) is 13.1 Å². The molecule has 0 radical (unpaired) electrons. The summed E-state index contributed by atoms with van der Waals surface area (Å²) < 4.78 is 0. The number of carbonyl (C=O) groups excluding carboxylic acids is 1. The Kier molecular flexibility index (Phi) is 3.92. The van der Waals surface area contributed by atoms with Gasteiger partial charge in [0, 0.05) is 40.3 Å². The summed E-state index contributed by atoms with van der Waals surface area (Å²) in [5.74, 6) is 0. The van der Waals surface area contributed by atoms with Crippen molar-refractivity contribution < 1.29 is 4.79 Å². The number of urea groups is 1. The van der Waals surface area contributed by atoms with Crippen LogP contribution in [0.3, 0.4) is 0 Å². The number of piperazine rings is 1. The molecule has 5 heteroatoms. The van der Waals surface area contributed by atoms with Crippen molar-refractivity contribution in [2.75, 3.05) is 40.3 Å². The van der Waals surface area contributed by atoms with Crippen LogP contribution in [0.25, 0.3) is 0 Å². The summed E-state index contributed by atoms with van der Waals surface area (Å²) in [5, 5.41) is 8.77. The number of amides is 2. The molecule has 1 heterocycles. The third-order valence-corrected chi connectivity index (χ3v) is 2.70. The van der Waals surface area contributed by atoms with Crippen molar-refractivity contribution in [1.29, 1.82) is 5.26 Å². The Labute approximate surface area is 90.9 Å². The molecule has 0 spiro atoms. The predicted octanol–water partition coefficient (Wildman–Crippen LogP) is 0.198. The van der Waals surface area contributed by atoms with Crippen LogP contribution in [-0.2, 0) is 0 Å². The zero-order valence-corrected chi connectivity index (χ0v) is 9.60. The van der Waals surface area contributed by atoms with Crippen LogP contribution in [0, 0.1) is 11.3 Å². The second-order valence-corrected chi connectivity index (χ2v) is 4.01. The van der Waals surface area contributed by atoms with Crippen molar-refractivity contribution in [2.45, 2.75) is 13.0 Å². The average Bonchev–Trinajstić information content (AvgIpc) is 2.27. The van der Waals surface area contributed by atoms with Crippen molar-refractivity contribution in [3.63, 3.8) is 0 Å². The predicted molar refractivity (Wildman–Crippen MR) is 57.3 cm³/mol. The van der Waals surface area contributed by atoms with Crippen molar-refractivity contribution in [2.24, 2.45) is 0 Å². The van der Waals surface area contributed by atoms with Gasteiger partial charge in [-0.2, -0.15) is 5.26 Å². The summed E-state index contributed by atoms with van der Waals surface area (Å²) >= 11 is 0. The van der Waals surface area contributed by atoms with Crippen LogP contribution in [-0.4, -0.2) is 67.0 Å². The summed E-state index contributed by atoms with van der Waals surface area (Å²) in [6, 6.07) is 2.21. The molecule has 5 nitrogen and oxygen atoms in total. The van der Waals surface area contributed by atoms with Crippen LogP contribution in [0.4, 0.5) is 4.79 Å². The Bertz CT molecular complexity index is 263. The molecular weight excluding hydrogens is 192 g/mol. The van der Waals surface area contributed by atoms with Gasteiger partial charge >= 0.3 is 6.03 Å². The van der Waals surface area contributed by atoms with Gasteiger partial charge < -0.3 is 9.80 Å². The summed E-state index contributed by atoms with van der Waals surface area (Å²) in [6.07, 6.45) is 0. The van der Waals surface area contributed by atoms with E-state index in [2.05, 4.69) is 11.0 Å². The Morgan fingerprint density at radius 1 is 1.33 bits per heavy atom. The molecule has 1 rings (SSSR count). The van der Waals surface area contributed by atoms with Gasteiger partial charge in [-0.3, -0.25) is 4.90 Å². The van der Waals surface area contributed by atoms with Gasteiger partial charge in [0.1, 0.15) is 0 Å². The lowest BCUT2D eigenvalue weighted by Gasteiger charge is -2.36. The van der Waals surface area contributed by atoms with E-state index in [1.54, 1.807) is 19.0 Å². The van der Waals surface area contributed by atoms with Gasteiger partial charge in [-0.05, 0) is 6.92 Å². The Morgan fingerprint density at radius 2 is 1.87 bits per heavy atom. The summed E-state index contributed by atoms with van der Waals surface area (Å²) in [7, 11) is 3.51. The van der Waals surface area contributed by atoms with E-state index in [9.17, 15) is 4.79 Å². The maximum atomic E-state index is 11.6. The van der Waals surface area contributed by atoms with Crippen molar-refractivity contribution in [1.82, 2.24) is 14.7 Å². The molecule has 2 amide bonds. The number of hydrogen-bond acceptors (Lipinski definition) is 3. The molecule has 0 aromatic rings. The summed E-state index contributed by atoms with van der Waals surface area (Å²) in [5.41, 5.74) is 0. The van der Waals surface area contributed by atoms with Crippen LogP contribution in [0.5, 0.6) is 0 Å². The minimum absolute atomic E-state index is 0.0541. The number of carbonyl (C=O) groups is 1. The van der Waals surface area contributed by atoms with Gasteiger partial charge in [-0.25, -0.2) is 4.79 Å².